The van der Waals surface area contributed by atoms with Crippen LogP contribution in [0.2, 0.25) is 0 Å². The van der Waals surface area contributed by atoms with Crippen LogP contribution in [0.3, 0.4) is 0 Å². The first-order chi connectivity index (χ1) is 15.8. The van der Waals surface area contributed by atoms with Gasteiger partial charge in [0.2, 0.25) is 21.8 Å². The molecule has 2 N–H and O–H groups in total. The second-order valence-corrected chi connectivity index (χ2v) is 11.3. The summed E-state index contributed by atoms with van der Waals surface area (Å²) in [6.45, 7) is 10.8. The summed E-state index contributed by atoms with van der Waals surface area (Å²) < 4.78 is 45.1. The van der Waals surface area contributed by atoms with Crippen molar-refractivity contribution in [3.8, 4) is 5.88 Å². The van der Waals surface area contributed by atoms with E-state index in [0.717, 1.165) is 36.8 Å². The molecule has 0 bridgehead atoms. The number of carbonyl (C=O) groups is 1. The Morgan fingerprint density at radius 1 is 1.18 bits per heavy atom. The van der Waals surface area contributed by atoms with Crippen molar-refractivity contribution < 1.29 is 22.3 Å². The first kappa shape index (κ1) is 27.6. The third-order valence-electron chi connectivity index (χ3n) is 5.33. The summed E-state index contributed by atoms with van der Waals surface area (Å²) in [6.07, 6.45) is 4.03. The minimum Gasteiger partial charge on any atom is -0.477 e. The lowest BCUT2D eigenvalue weighted by molar-refractivity contribution is -0.122. The molecule has 2 rings (SSSR count). The van der Waals surface area contributed by atoms with Gasteiger partial charge in [0.25, 0.3) is 0 Å². The average Bonchev–Trinajstić information content (AvgIpc) is 2.74. The van der Waals surface area contributed by atoms with Gasteiger partial charge in [-0.05, 0) is 37.1 Å². The standard InChI is InChI=1S/C25H36FN3O4S/c1-7-8-9-14-33-24-19(11-13-22(28-24)25(3,4)5)16-27-23(30)17(2)18-10-12-21(20(26)15-18)29-34(6,31)32/h10-13,15,17,29H,7-9,14,16H2,1-6H3,(H,27,30). The normalized spacial score (nSPS) is 12.8. The van der Waals surface area contributed by atoms with E-state index in [1.807, 2.05) is 12.1 Å². The van der Waals surface area contributed by atoms with E-state index in [1.54, 1.807) is 6.92 Å². The number of pyridine rings is 1. The lowest BCUT2D eigenvalue weighted by Gasteiger charge is -2.20. The van der Waals surface area contributed by atoms with Gasteiger partial charge in [0.1, 0.15) is 5.82 Å². The fraction of sp³-hybridized carbons (Fsp3) is 0.520. The van der Waals surface area contributed by atoms with Crippen LogP contribution < -0.4 is 14.8 Å². The number of rotatable bonds is 11. The molecule has 1 unspecified atom stereocenters. The predicted molar refractivity (Wildman–Crippen MR) is 133 cm³/mol. The number of nitrogens with zero attached hydrogens (tertiary/aromatic N) is 1. The number of amides is 1. The summed E-state index contributed by atoms with van der Waals surface area (Å²) in [5.41, 5.74) is 1.81. The number of carbonyl (C=O) groups excluding carboxylic acids is 1. The summed E-state index contributed by atoms with van der Waals surface area (Å²) in [5, 5.41) is 2.88. The monoisotopic (exact) mass is 493 g/mol. The van der Waals surface area contributed by atoms with Crippen LogP contribution in [0.5, 0.6) is 5.88 Å². The summed E-state index contributed by atoms with van der Waals surface area (Å²) >= 11 is 0. The highest BCUT2D eigenvalue weighted by Gasteiger charge is 2.21. The van der Waals surface area contributed by atoms with Crippen molar-refractivity contribution >= 4 is 21.6 Å². The first-order valence-electron chi connectivity index (χ1n) is 11.5. The van der Waals surface area contributed by atoms with Gasteiger partial charge in [-0.2, -0.15) is 0 Å². The highest BCUT2D eigenvalue weighted by atomic mass is 32.2. The molecule has 1 atom stereocenters. The number of ether oxygens (including phenoxy) is 1. The summed E-state index contributed by atoms with van der Waals surface area (Å²) in [7, 11) is -3.60. The summed E-state index contributed by atoms with van der Waals surface area (Å²) in [6, 6.07) is 7.86. The van der Waals surface area contributed by atoms with Gasteiger partial charge in [-0.25, -0.2) is 17.8 Å². The smallest absolute Gasteiger partial charge is 0.229 e. The van der Waals surface area contributed by atoms with Gasteiger partial charge in [0, 0.05) is 23.2 Å². The van der Waals surface area contributed by atoms with Crippen LogP contribution in [0.4, 0.5) is 10.1 Å². The van der Waals surface area contributed by atoms with Crippen LogP contribution in [0.25, 0.3) is 0 Å². The second-order valence-electron chi connectivity index (χ2n) is 9.52. The lowest BCUT2D eigenvalue weighted by atomic mass is 9.91. The highest BCUT2D eigenvalue weighted by Crippen LogP contribution is 2.26. The van der Waals surface area contributed by atoms with E-state index in [4.69, 9.17) is 9.72 Å². The van der Waals surface area contributed by atoms with Crippen LogP contribution in [0.15, 0.2) is 30.3 Å². The first-order valence-corrected chi connectivity index (χ1v) is 13.4. The largest absolute Gasteiger partial charge is 0.477 e. The molecule has 0 saturated heterocycles. The Bertz CT molecular complexity index is 1100. The van der Waals surface area contributed by atoms with Crippen LogP contribution >= 0.6 is 0 Å². The van der Waals surface area contributed by atoms with Gasteiger partial charge < -0.3 is 10.1 Å². The van der Waals surface area contributed by atoms with Gasteiger partial charge in [-0.15, -0.1) is 0 Å². The van der Waals surface area contributed by atoms with E-state index < -0.39 is 21.8 Å². The Hall–Kier alpha value is -2.68. The van der Waals surface area contributed by atoms with Crippen molar-refractivity contribution in [2.24, 2.45) is 0 Å². The van der Waals surface area contributed by atoms with Gasteiger partial charge in [-0.3, -0.25) is 9.52 Å². The Balaban J connectivity index is 2.12. The molecule has 1 aromatic carbocycles. The van der Waals surface area contributed by atoms with E-state index in [1.165, 1.54) is 18.2 Å². The Labute approximate surface area is 202 Å². The second kappa shape index (κ2) is 11.6. The topological polar surface area (TPSA) is 97.4 Å². The van der Waals surface area contributed by atoms with E-state index in [9.17, 15) is 17.6 Å². The fourth-order valence-electron chi connectivity index (χ4n) is 3.24. The number of hydrogen-bond acceptors (Lipinski definition) is 5. The van der Waals surface area contributed by atoms with Crippen molar-refractivity contribution in [3.05, 3.63) is 53.0 Å². The SMILES string of the molecule is CCCCCOc1nc(C(C)(C)C)ccc1CNC(=O)C(C)c1ccc(NS(C)(=O)=O)c(F)c1. The van der Waals surface area contributed by atoms with Gasteiger partial charge in [-0.1, -0.05) is 52.7 Å². The summed E-state index contributed by atoms with van der Waals surface area (Å²) in [5.74, 6) is -1.16. The van der Waals surface area contributed by atoms with Crippen molar-refractivity contribution in [1.29, 1.82) is 0 Å². The maximum atomic E-state index is 14.3. The van der Waals surface area contributed by atoms with E-state index in [0.29, 0.717) is 18.1 Å². The molecule has 0 fully saturated rings. The molecule has 0 aliphatic rings. The molecule has 7 nitrogen and oxygen atoms in total. The molecule has 34 heavy (non-hydrogen) atoms. The van der Waals surface area contributed by atoms with Crippen LogP contribution in [-0.2, 0) is 26.8 Å². The molecule has 2 aromatic rings. The Kier molecular flexibility index (Phi) is 9.44. The van der Waals surface area contributed by atoms with Crippen molar-refractivity contribution in [3.63, 3.8) is 0 Å². The van der Waals surface area contributed by atoms with E-state index in [2.05, 4.69) is 37.7 Å². The number of benzene rings is 1. The number of unbranched alkanes of at least 4 members (excludes halogenated alkanes) is 2. The number of nitrogens with one attached hydrogen (secondary N) is 2. The quantitative estimate of drug-likeness (QED) is 0.435. The van der Waals surface area contributed by atoms with Crippen molar-refractivity contribution in [1.82, 2.24) is 10.3 Å². The number of aromatic nitrogens is 1. The molecule has 1 aromatic heterocycles. The molecule has 0 spiro atoms. The molecule has 0 radical (unpaired) electrons. The third kappa shape index (κ3) is 8.27. The molecule has 0 saturated carbocycles. The van der Waals surface area contributed by atoms with Gasteiger partial charge in [0.05, 0.1) is 24.5 Å². The van der Waals surface area contributed by atoms with Gasteiger partial charge in [0.15, 0.2) is 0 Å². The van der Waals surface area contributed by atoms with Crippen molar-refractivity contribution in [2.45, 2.75) is 71.8 Å². The molecule has 9 heteroatoms. The Morgan fingerprint density at radius 3 is 2.47 bits per heavy atom. The fourth-order valence-corrected chi connectivity index (χ4v) is 3.80. The zero-order chi connectivity index (χ0) is 25.5. The minimum absolute atomic E-state index is 0.139. The molecular weight excluding hydrogens is 457 g/mol. The minimum atomic E-state index is -3.60. The predicted octanol–water partition coefficient (Wildman–Crippen LogP) is 4.88. The summed E-state index contributed by atoms with van der Waals surface area (Å²) in [4.78, 5) is 17.5. The van der Waals surface area contributed by atoms with E-state index in [-0.39, 0.29) is 23.6 Å². The van der Waals surface area contributed by atoms with Crippen LogP contribution in [0, 0.1) is 5.82 Å². The number of anilines is 1. The maximum Gasteiger partial charge on any atom is 0.229 e. The average molecular weight is 494 g/mol. The zero-order valence-electron chi connectivity index (χ0n) is 20.9. The maximum absolute atomic E-state index is 14.3. The molecule has 0 aliphatic carbocycles. The zero-order valence-corrected chi connectivity index (χ0v) is 21.7. The van der Waals surface area contributed by atoms with E-state index >= 15 is 0 Å². The molecule has 188 valence electrons. The molecule has 1 amide bonds. The molecular formula is C25H36FN3O4S. The van der Waals surface area contributed by atoms with Crippen LogP contribution in [-0.4, -0.2) is 32.2 Å². The molecule has 1 heterocycles. The lowest BCUT2D eigenvalue weighted by Crippen LogP contribution is -2.28. The number of halogens is 1. The number of sulfonamides is 1. The Morgan fingerprint density at radius 2 is 1.88 bits per heavy atom. The molecule has 0 aliphatic heterocycles. The van der Waals surface area contributed by atoms with Gasteiger partial charge >= 0.3 is 0 Å². The highest BCUT2D eigenvalue weighted by molar-refractivity contribution is 7.92. The third-order valence-corrected chi connectivity index (χ3v) is 5.92. The van der Waals surface area contributed by atoms with Crippen LogP contribution in [0.1, 0.15) is 76.6 Å². The number of hydrogen-bond donors (Lipinski definition) is 2. The van der Waals surface area contributed by atoms with Crippen molar-refractivity contribution in [2.75, 3.05) is 17.6 Å².